The summed E-state index contributed by atoms with van der Waals surface area (Å²) in [4.78, 5) is 11.1. The van der Waals surface area contributed by atoms with E-state index < -0.39 is 0 Å². The predicted molar refractivity (Wildman–Crippen MR) is 104 cm³/mol. The molecule has 4 aromatic rings. The van der Waals surface area contributed by atoms with Crippen LogP contribution < -0.4 is 5.73 Å². The van der Waals surface area contributed by atoms with Crippen molar-refractivity contribution in [3.05, 3.63) is 94.6 Å². The van der Waals surface area contributed by atoms with Crippen molar-refractivity contribution in [1.29, 1.82) is 0 Å². The summed E-state index contributed by atoms with van der Waals surface area (Å²) >= 11 is 0. The fraction of sp³-hybridized carbons (Fsp3) is 0.100. The fourth-order valence-electron chi connectivity index (χ4n) is 2.59. The zero-order valence-electron chi connectivity index (χ0n) is 14.2. The van der Waals surface area contributed by atoms with E-state index in [1.165, 1.54) is 0 Å². The van der Waals surface area contributed by atoms with Crippen molar-refractivity contribution < 1.29 is 0 Å². The fourth-order valence-corrected chi connectivity index (χ4v) is 2.59. The van der Waals surface area contributed by atoms with Gasteiger partial charge in [0.05, 0.1) is 17.6 Å². The number of aromatic nitrogens is 2. The normalized spacial score (nSPS) is 10.0. The molecule has 0 aliphatic heterocycles. The number of rotatable bonds is 3. The van der Waals surface area contributed by atoms with Gasteiger partial charge in [0, 0.05) is 34.6 Å². The molecule has 2 aromatic heterocycles. The van der Waals surface area contributed by atoms with E-state index in [2.05, 4.69) is 26.1 Å². The number of azide groups is 1. The third kappa shape index (κ3) is 4.33. The van der Waals surface area contributed by atoms with Crippen molar-refractivity contribution in [2.45, 2.75) is 13.1 Å². The van der Waals surface area contributed by atoms with Crippen LogP contribution in [0.4, 0.5) is 0 Å². The third-order valence-electron chi connectivity index (χ3n) is 3.89. The van der Waals surface area contributed by atoms with E-state index in [4.69, 9.17) is 11.3 Å². The first-order chi connectivity index (χ1) is 12.8. The molecule has 0 aliphatic carbocycles. The Balaban J connectivity index is 0.000000152. The zero-order valence-corrected chi connectivity index (χ0v) is 14.2. The highest BCUT2D eigenvalue weighted by atomic mass is 15.1. The predicted octanol–water partition coefficient (Wildman–Crippen LogP) is 4.74. The van der Waals surface area contributed by atoms with Gasteiger partial charge in [-0.3, -0.25) is 9.97 Å². The molecule has 2 aromatic carbocycles. The summed E-state index contributed by atoms with van der Waals surface area (Å²) in [6.07, 6.45) is 3.56. The Morgan fingerprint density at radius 1 is 0.846 bits per heavy atom. The van der Waals surface area contributed by atoms with Gasteiger partial charge in [0.25, 0.3) is 0 Å². The Labute approximate surface area is 151 Å². The number of nitrogens with two attached hydrogens (primary N) is 1. The van der Waals surface area contributed by atoms with Gasteiger partial charge in [-0.1, -0.05) is 29.4 Å². The molecular formula is C20H18N6. The van der Waals surface area contributed by atoms with Crippen LogP contribution in [0.3, 0.4) is 0 Å². The van der Waals surface area contributed by atoms with Gasteiger partial charge >= 0.3 is 0 Å². The lowest BCUT2D eigenvalue weighted by atomic mass is 10.1. The molecular weight excluding hydrogens is 324 g/mol. The number of pyridine rings is 2. The van der Waals surface area contributed by atoms with Crippen molar-refractivity contribution in [3.8, 4) is 0 Å². The van der Waals surface area contributed by atoms with Crippen molar-refractivity contribution >= 4 is 21.8 Å². The second-order valence-corrected chi connectivity index (χ2v) is 5.65. The van der Waals surface area contributed by atoms with Crippen LogP contribution in [0.2, 0.25) is 0 Å². The quantitative estimate of drug-likeness (QED) is 0.330. The van der Waals surface area contributed by atoms with Gasteiger partial charge in [0.15, 0.2) is 0 Å². The van der Waals surface area contributed by atoms with Crippen molar-refractivity contribution in [2.24, 2.45) is 10.8 Å². The van der Waals surface area contributed by atoms with Crippen LogP contribution in [-0.4, -0.2) is 9.97 Å². The summed E-state index contributed by atoms with van der Waals surface area (Å²) in [5, 5.41) is 5.73. The second-order valence-electron chi connectivity index (χ2n) is 5.65. The van der Waals surface area contributed by atoms with Crippen molar-refractivity contribution in [3.63, 3.8) is 0 Å². The Morgan fingerprint density at radius 3 is 2.00 bits per heavy atom. The summed E-state index contributed by atoms with van der Waals surface area (Å²) in [7, 11) is 0. The van der Waals surface area contributed by atoms with E-state index in [-0.39, 0.29) is 0 Å². The van der Waals surface area contributed by atoms with Gasteiger partial charge in [0.1, 0.15) is 0 Å². The number of hydrogen-bond donors (Lipinski definition) is 1. The first-order valence-electron chi connectivity index (χ1n) is 8.18. The lowest BCUT2D eigenvalue weighted by Gasteiger charge is -1.98. The summed E-state index contributed by atoms with van der Waals surface area (Å²) in [5.74, 6) is 0. The van der Waals surface area contributed by atoms with E-state index in [0.29, 0.717) is 13.1 Å². The highest BCUT2D eigenvalue weighted by Gasteiger charge is 1.95. The largest absolute Gasteiger partial charge is 0.326 e. The minimum absolute atomic E-state index is 0.390. The number of benzene rings is 2. The van der Waals surface area contributed by atoms with Gasteiger partial charge in [-0.15, -0.1) is 0 Å². The van der Waals surface area contributed by atoms with Crippen LogP contribution in [0.15, 0.2) is 78.2 Å². The Bertz CT molecular complexity index is 1070. The summed E-state index contributed by atoms with van der Waals surface area (Å²) < 4.78 is 0. The van der Waals surface area contributed by atoms with E-state index in [0.717, 1.165) is 32.9 Å². The smallest absolute Gasteiger partial charge is 0.0702 e. The van der Waals surface area contributed by atoms with Crippen molar-refractivity contribution in [2.75, 3.05) is 0 Å². The molecule has 0 fully saturated rings. The standard InChI is InChI=1S/C10H8N4.C10H10N2/c11-14-13-7-8-3-4-10-9(6-8)2-1-5-12-10;11-7-8-3-4-10-9(6-8)2-1-5-12-10/h1-6H,7H2;1-6H,7,11H2. The van der Waals surface area contributed by atoms with Gasteiger partial charge in [0.2, 0.25) is 0 Å². The second kappa shape index (κ2) is 8.58. The van der Waals surface area contributed by atoms with Gasteiger partial charge in [-0.2, -0.15) is 0 Å². The van der Waals surface area contributed by atoms with Crippen LogP contribution in [0, 0.1) is 0 Å². The molecule has 0 spiro atoms. The minimum Gasteiger partial charge on any atom is -0.326 e. The summed E-state index contributed by atoms with van der Waals surface area (Å²) in [6.45, 7) is 0.978. The average molecular weight is 342 g/mol. The highest BCUT2D eigenvalue weighted by Crippen LogP contribution is 2.14. The molecule has 2 N–H and O–H groups in total. The lowest BCUT2D eigenvalue weighted by Crippen LogP contribution is -1.95. The Kier molecular flexibility index (Phi) is 5.72. The molecule has 4 rings (SSSR count). The Morgan fingerprint density at radius 2 is 1.42 bits per heavy atom. The molecule has 0 atom stereocenters. The molecule has 0 bridgehead atoms. The molecule has 128 valence electrons. The minimum atomic E-state index is 0.390. The molecule has 0 saturated carbocycles. The van der Waals surface area contributed by atoms with Crippen LogP contribution in [0.5, 0.6) is 0 Å². The van der Waals surface area contributed by atoms with E-state index in [1.807, 2.05) is 54.6 Å². The molecule has 0 saturated heterocycles. The first-order valence-corrected chi connectivity index (χ1v) is 8.18. The molecule has 0 unspecified atom stereocenters. The Hall–Kier alpha value is -3.47. The molecule has 0 radical (unpaired) electrons. The molecule has 0 aliphatic rings. The van der Waals surface area contributed by atoms with E-state index in [9.17, 15) is 0 Å². The monoisotopic (exact) mass is 342 g/mol. The average Bonchev–Trinajstić information content (AvgIpc) is 2.72. The number of hydrogen-bond acceptors (Lipinski definition) is 4. The summed E-state index contributed by atoms with van der Waals surface area (Å²) in [6, 6.07) is 19.8. The molecule has 0 amide bonds. The molecule has 6 heteroatoms. The van der Waals surface area contributed by atoms with Gasteiger partial charge < -0.3 is 5.73 Å². The maximum absolute atomic E-state index is 8.19. The maximum atomic E-state index is 8.19. The number of fused-ring (bicyclic) bond motifs is 2. The van der Waals surface area contributed by atoms with Crippen LogP contribution >= 0.6 is 0 Å². The maximum Gasteiger partial charge on any atom is 0.0702 e. The van der Waals surface area contributed by atoms with Crippen molar-refractivity contribution in [1.82, 2.24) is 9.97 Å². The van der Waals surface area contributed by atoms with E-state index in [1.54, 1.807) is 12.4 Å². The molecule has 2 heterocycles. The molecule has 6 nitrogen and oxygen atoms in total. The van der Waals surface area contributed by atoms with Crippen LogP contribution in [-0.2, 0) is 13.1 Å². The van der Waals surface area contributed by atoms with Crippen LogP contribution in [0.25, 0.3) is 32.2 Å². The number of nitrogens with zero attached hydrogens (tertiary/aromatic N) is 5. The van der Waals surface area contributed by atoms with Gasteiger partial charge in [-0.25, -0.2) is 0 Å². The SMILES string of the molecule is NCc1ccc2ncccc2c1.[N-]=[N+]=NCc1ccc2ncccc2c1. The third-order valence-corrected chi connectivity index (χ3v) is 3.89. The molecule has 26 heavy (non-hydrogen) atoms. The van der Waals surface area contributed by atoms with Gasteiger partial charge in [-0.05, 0) is 53.1 Å². The summed E-state index contributed by atoms with van der Waals surface area (Å²) in [5.41, 5.74) is 17.8. The van der Waals surface area contributed by atoms with Crippen LogP contribution in [0.1, 0.15) is 11.1 Å². The highest BCUT2D eigenvalue weighted by molar-refractivity contribution is 5.79. The topological polar surface area (TPSA) is 101 Å². The zero-order chi connectivity index (χ0) is 18.2. The first kappa shape index (κ1) is 17.4. The van der Waals surface area contributed by atoms with E-state index >= 15 is 0 Å². The lowest BCUT2D eigenvalue weighted by molar-refractivity contribution is 1.05.